The zero-order valence-electron chi connectivity index (χ0n) is 15.1. The van der Waals surface area contributed by atoms with Crippen molar-refractivity contribution in [1.29, 1.82) is 0 Å². The van der Waals surface area contributed by atoms with Gasteiger partial charge in [0.25, 0.3) is 0 Å². The first-order chi connectivity index (χ1) is 11.1. The van der Waals surface area contributed by atoms with Crippen LogP contribution in [0.1, 0.15) is 70.2 Å². The van der Waals surface area contributed by atoms with Crippen LogP contribution in [-0.2, 0) is 6.54 Å². The summed E-state index contributed by atoms with van der Waals surface area (Å²) in [5.41, 5.74) is 0.996. The van der Waals surface area contributed by atoms with Crippen molar-refractivity contribution in [2.24, 2.45) is 16.8 Å². The normalized spacial score (nSPS) is 22.4. The Balaban J connectivity index is 1.68. The maximum atomic E-state index is 5.34. The van der Waals surface area contributed by atoms with Gasteiger partial charge in [0.05, 0.1) is 12.2 Å². The average molecular weight is 320 g/mol. The Labute approximate surface area is 140 Å². The van der Waals surface area contributed by atoms with Gasteiger partial charge in [-0.2, -0.15) is 0 Å². The number of hydrogen-bond donors (Lipinski definition) is 2. The summed E-state index contributed by atoms with van der Waals surface area (Å²) in [6.45, 7) is 8.19. The first-order valence-corrected chi connectivity index (χ1v) is 8.98. The first-order valence-electron chi connectivity index (χ1n) is 8.98. The van der Waals surface area contributed by atoms with E-state index in [0.29, 0.717) is 12.5 Å². The zero-order valence-corrected chi connectivity index (χ0v) is 15.1. The van der Waals surface area contributed by atoms with E-state index in [1.165, 1.54) is 32.1 Å². The number of aromatic nitrogens is 1. The van der Waals surface area contributed by atoms with Crippen molar-refractivity contribution in [3.05, 3.63) is 17.5 Å². The number of nitrogens with one attached hydrogen (secondary N) is 2. The van der Waals surface area contributed by atoms with Crippen LogP contribution in [0.2, 0.25) is 0 Å². The molecule has 2 atom stereocenters. The highest BCUT2D eigenvalue weighted by Gasteiger charge is 2.18. The van der Waals surface area contributed by atoms with Gasteiger partial charge in [0, 0.05) is 19.7 Å². The molecule has 1 aliphatic rings. The second-order valence-corrected chi connectivity index (χ2v) is 7.15. The van der Waals surface area contributed by atoms with Gasteiger partial charge in [-0.1, -0.05) is 45.2 Å². The molecular weight excluding hydrogens is 288 g/mol. The SMILES string of the molecule is CN=C(NCCC1CCCC(C)C1)NCc1cc(C(C)C)no1. The summed E-state index contributed by atoms with van der Waals surface area (Å²) in [5, 5.41) is 10.8. The smallest absolute Gasteiger partial charge is 0.191 e. The molecule has 1 aromatic rings. The van der Waals surface area contributed by atoms with E-state index < -0.39 is 0 Å². The number of nitrogens with zero attached hydrogens (tertiary/aromatic N) is 2. The average Bonchev–Trinajstić information content (AvgIpc) is 3.00. The molecule has 1 aromatic heterocycles. The summed E-state index contributed by atoms with van der Waals surface area (Å²) < 4.78 is 5.34. The minimum absolute atomic E-state index is 0.392. The van der Waals surface area contributed by atoms with E-state index in [0.717, 1.165) is 35.8 Å². The van der Waals surface area contributed by atoms with Gasteiger partial charge in [-0.05, 0) is 30.6 Å². The van der Waals surface area contributed by atoms with Crippen molar-refractivity contribution in [3.8, 4) is 0 Å². The van der Waals surface area contributed by atoms with E-state index in [2.05, 4.69) is 41.6 Å². The van der Waals surface area contributed by atoms with Crippen LogP contribution < -0.4 is 10.6 Å². The van der Waals surface area contributed by atoms with Gasteiger partial charge < -0.3 is 15.2 Å². The summed E-state index contributed by atoms with van der Waals surface area (Å²) in [6, 6.07) is 2.01. The van der Waals surface area contributed by atoms with Crippen molar-refractivity contribution >= 4 is 5.96 Å². The quantitative estimate of drug-likeness (QED) is 0.620. The van der Waals surface area contributed by atoms with Crippen LogP contribution in [0, 0.1) is 11.8 Å². The molecule has 0 aromatic carbocycles. The van der Waals surface area contributed by atoms with Gasteiger partial charge in [-0.3, -0.25) is 4.99 Å². The molecule has 1 saturated carbocycles. The van der Waals surface area contributed by atoms with Crippen LogP contribution in [0.5, 0.6) is 0 Å². The van der Waals surface area contributed by atoms with Crippen molar-refractivity contribution in [2.75, 3.05) is 13.6 Å². The molecule has 5 heteroatoms. The van der Waals surface area contributed by atoms with E-state index in [9.17, 15) is 0 Å². The molecule has 130 valence electrons. The number of hydrogen-bond acceptors (Lipinski definition) is 3. The summed E-state index contributed by atoms with van der Waals surface area (Å²) in [7, 11) is 1.80. The maximum Gasteiger partial charge on any atom is 0.191 e. The van der Waals surface area contributed by atoms with Gasteiger partial charge in [-0.15, -0.1) is 0 Å². The molecule has 1 aliphatic carbocycles. The molecule has 0 bridgehead atoms. The lowest BCUT2D eigenvalue weighted by Gasteiger charge is -2.26. The standard InChI is InChI=1S/C18H32N4O/c1-13(2)17-11-16(23-22-17)12-21-18(19-4)20-9-8-15-7-5-6-14(3)10-15/h11,13-15H,5-10,12H2,1-4H3,(H2,19,20,21). The maximum absolute atomic E-state index is 5.34. The highest BCUT2D eigenvalue weighted by molar-refractivity contribution is 5.79. The molecule has 2 N–H and O–H groups in total. The third kappa shape index (κ3) is 5.88. The highest BCUT2D eigenvalue weighted by atomic mass is 16.5. The number of guanidine groups is 1. The van der Waals surface area contributed by atoms with Crippen molar-refractivity contribution in [2.45, 2.75) is 65.3 Å². The molecule has 0 amide bonds. The molecule has 2 unspecified atom stereocenters. The summed E-state index contributed by atoms with van der Waals surface area (Å²) in [5.74, 6) is 3.83. The van der Waals surface area contributed by atoms with Gasteiger partial charge in [0.15, 0.2) is 11.7 Å². The molecule has 0 saturated heterocycles. The van der Waals surface area contributed by atoms with Gasteiger partial charge in [0.1, 0.15) is 0 Å². The van der Waals surface area contributed by atoms with Crippen molar-refractivity contribution < 1.29 is 4.52 Å². The fourth-order valence-corrected chi connectivity index (χ4v) is 3.29. The zero-order chi connectivity index (χ0) is 16.7. The predicted octanol–water partition coefficient (Wildman–Crippen LogP) is 3.68. The lowest BCUT2D eigenvalue weighted by atomic mass is 9.81. The third-order valence-electron chi connectivity index (χ3n) is 4.71. The third-order valence-corrected chi connectivity index (χ3v) is 4.71. The number of rotatable bonds is 6. The summed E-state index contributed by atoms with van der Waals surface area (Å²) in [4.78, 5) is 4.27. The van der Waals surface area contributed by atoms with Crippen LogP contribution in [0.25, 0.3) is 0 Å². The minimum Gasteiger partial charge on any atom is -0.359 e. The predicted molar refractivity (Wildman–Crippen MR) is 94.5 cm³/mol. The Morgan fingerprint density at radius 2 is 2.22 bits per heavy atom. The summed E-state index contributed by atoms with van der Waals surface area (Å²) >= 11 is 0. The molecule has 0 spiro atoms. The van der Waals surface area contributed by atoms with Gasteiger partial charge >= 0.3 is 0 Å². The molecule has 0 aliphatic heterocycles. The molecule has 0 radical (unpaired) electrons. The molecule has 23 heavy (non-hydrogen) atoms. The van der Waals surface area contributed by atoms with E-state index in [4.69, 9.17) is 4.52 Å². The largest absolute Gasteiger partial charge is 0.359 e. The fraction of sp³-hybridized carbons (Fsp3) is 0.778. The Kier molecular flexibility index (Phi) is 6.93. The van der Waals surface area contributed by atoms with E-state index in [-0.39, 0.29) is 0 Å². The first kappa shape index (κ1) is 17.8. The Bertz CT molecular complexity index is 495. The van der Waals surface area contributed by atoms with Crippen LogP contribution in [-0.4, -0.2) is 24.7 Å². The van der Waals surface area contributed by atoms with Gasteiger partial charge in [0.2, 0.25) is 0 Å². The Morgan fingerprint density at radius 3 is 2.87 bits per heavy atom. The molecule has 1 heterocycles. The summed E-state index contributed by atoms with van der Waals surface area (Å²) in [6.07, 6.45) is 6.79. The minimum atomic E-state index is 0.392. The van der Waals surface area contributed by atoms with Crippen molar-refractivity contribution in [3.63, 3.8) is 0 Å². The molecule has 1 fully saturated rings. The molecule has 2 rings (SSSR count). The van der Waals surface area contributed by atoms with E-state index in [1.54, 1.807) is 7.05 Å². The van der Waals surface area contributed by atoms with E-state index in [1.807, 2.05) is 6.07 Å². The second-order valence-electron chi connectivity index (χ2n) is 7.15. The molecule has 5 nitrogen and oxygen atoms in total. The monoisotopic (exact) mass is 320 g/mol. The van der Waals surface area contributed by atoms with Crippen LogP contribution in [0.15, 0.2) is 15.6 Å². The fourth-order valence-electron chi connectivity index (χ4n) is 3.29. The van der Waals surface area contributed by atoms with Crippen LogP contribution in [0.3, 0.4) is 0 Å². The van der Waals surface area contributed by atoms with Crippen molar-refractivity contribution in [1.82, 2.24) is 15.8 Å². The van der Waals surface area contributed by atoms with Crippen LogP contribution >= 0.6 is 0 Å². The lowest BCUT2D eigenvalue weighted by molar-refractivity contribution is 0.270. The Hall–Kier alpha value is -1.52. The highest BCUT2D eigenvalue weighted by Crippen LogP contribution is 2.30. The van der Waals surface area contributed by atoms with Gasteiger partial charge in [-0.25, -0.2) is 0 Å². The van der Waals surface area contributed by atoms with Crippen LogP contribution in [0.4, 0.5) is 0 Å². The lowest BCUT2D eigenvalue weighted by Crippen LogP contribution is -2.38. The number of aliphatic imine (C=N–C) groups is 1. The topological polar surface area (TPSA) is 62.5 Å². The van der Waals surface area contributed by atoms with E-state index >= 15 is 0 Å². The Morgan fingerprint density at radius 1 is 1.39 bits per heavy atom. The second kappa shape index (κ2) is 8.94. The molecular formula is C18H32N4O.